The molecule has 1 aromatic carbocycles. The Hall–Kier alpha value is -2.48. The highest BCUT2D eigenvalue weighted by Crippen LogP contribution is 2.21. The van der Waals surface area contributed by atoms with Gasteiger partial charge in [-0.1, -0.05) is 23.5 Å². The number of nitrogens with zero attached hydrogens (tertiary/aromatic N) is 3. The highest BCUT2D eigenvalue weighted by molar-refractivity contribution is 7.15. The highest BCUT2D eigenvalue weighted by atomic mass is 32.1. The lowest BCUT2D eigenvalue weighted by atomic mass is 10.2. The van der Waals surface area contributed by atoms with E-state index in [0.29, 0.717) is 16.4 Å². The molecule has 2 aromatic rings. The zero-order valence-electron chi connectivity index (χ0n) is 12.5. The summed E-state index contributed by atoms with van der Waals surface area (Å²) < 4.78 is 5.44. The monoisotopic (exact) mass is 320 g/mol. The van der Waals surface area contributed by atoms with Crippen LogP contribution in [0.1, 0.15) is 15.4 Å². The van der Waals surface area contributed by atoms with Gasteiger partial charge in [-0.05, 0) is 19.1 Å². The highest BCUT2D eigenvalue weighted by Gasteiger charge is 2.15. The molecule has 0 fully saturated rings. The van der Waals surface area contributed by atoms with Crippen LogP contribution in [0.25, 0.3) is 0 Å². The maximum absolute atomic E-state index is 12.3. The number of carbonyl (C=O) groups is 2. The van der Waals surface area contributed by atoms with E-state index in [9.17, 15) is 9.59 Å². The van der Waals surface area contributed by atoms with Gasteiger partial charge in [0.1, 0.15) is 10.8 Å². The molecule has 22 heavy (non-hydrogen) atoms. The molecule has 7 nitrogen and oxygen atoms in total. The van der Waals surface area contributed by atoms with Crippen LogP contribution in [0.15, 0.2) is 24.3 Å². The Morgan fingerprint density at radius 1 is 1.27 bits per heavy atom. The minimum Gasteiger partial charge on any atom is -0.483 e. The number of rotatable bonds is 5. The summed E-state index contributed by atoms with van der Waals surface area (Å²) in [6.45, 7) is 1.67. The predicted molar refractivity (Wildman–Crippen MR) is 83.2 cm³/mol. The number of likely N-dealkylation sites (N-methyl/N-ethyl adjacent to an activating group) is 1. The molecule has 116 valence electrons. The van der Waals surface area contributed by atoms with Gasteiger partial charge in [0.15, 0.2) is 6.61 Å². The first-order valence-corrected chi connectivity index (χ1v) is 7.32. The third-order valence-corrected chi connectivity index (χ3v) is 3.48. The largest absolute Gasteiger partial charge is 0.483 e. The third kappa shape index (κ3) is 4.01. The third-order valence-electron chi connectivity index (χ3n) is 2.73. The summed E-state index contributed by atoms with van der Waals surface area (Å²) in [5.41, 5.74) is 0.335. The first-order valence-electron chi connectivity index (χ1n) is 6.51. The van der Waals surface area contributed by atoms with Gasteiger partial charge in [0.2, 0.25) is 5.13 Å². The van der Waals surface area contributed by atoms with E-state index >= 15 is 0 Å². The van der Waals surface area contributed by atoms with Gasteiger partial charge in [-0.25, -0.2) is 0 Å². The molecule has 2 amide bonds. The Morgan fingerprint density at radius 2 is 2.00 bits per heavy atom. The van der Waals surface area contributed by atoms with Crippen LogP contribution in [0.2, 0.25) is 0 Å². The Morgan fingerprint density at radius 3 is 2.64 bits per heavy atom. The minimum atomic E-state index is -0.357. The van der Waals surface area contributed by atoms with E-state index in [1.54, 1.807) is 45.3 Å². The van der Waals surface area contributed by atoms with Gasteiger partial charge in [0.05, 0.1) is 5.56 Å². The average Bonchev–Trinajstić information content (AvgIpc) is 2.90. The van der Waals surface area contributed by atoms with Crippen LogP contribution >= 0.6 is 11.3 Å². The maximum Gasteiger partial charge on any atom is 0.261 e. The fourth-order valence-corrected chi connectivity index (χ4v) is 2.15. The second-order valence-electron chi connectivity index (χ2n) is 4.65. The first kappa shape index (κ1) is 15.9. The summed E-state index contributed by atoms with van der Waals surface area (Å²) >= 11 is 1.28. The number of nitrogens with one attached hydrogen (secondary N) is 1. The number of anilines is 1. The van der Waals surface area contributed by atoms with Crippen LogP contribution in [0.3, 0.4) is 0 Å². The molecule has 0 unspecified atom stereocenters. The number of amides is 2. The molecule has 1 aromatic heterocycles. The van der Waals surface area contributed by atoms with Crippen LogP contribution in [-0.2, 0) is 4.79 Å². The van der Waals surface area contributed by atoms with E-state index in [-0.39, 0.29) is 18.4 Å². The van der Waals surface area contributed by atoms with Crippen molar-refractivity contribution < 1.29 is 14.3 Å². The number of benzene rings is 1. The van der Waals surface area contributed by atoms with Gasteiger partial charge < -0.3 is 9.64 Å². The summed E-state index contributed by atoms with van der Waals surface area (Å²) in [6.07, 6.45) is 0. The van der Waals surface area contributed by atoms with Gasteiger partial charge in [0, 0.05) is 14.1 Å². The molecule has 0 aliphatic rings. The van der Waals surface area contributed by atoms with Crippen molar-refractivity contribution >= 4 is 28.3 Å². The number of ether oxygens (including phenoxy) is 1. The topological polar surface area (TPSA) is 84.4 Å². The number of para-hydroxylation sites is 1. The molecule has 0 bridgehead atoms. The van der Waals surface area contributed by atoms with Crippen molar-refractivity contribution in [1.82, 2.24) is 15.1 Å². The lowest BCUT2D eigenvalue weighted by molar-refractivity contribution is -0.130. The molecule has 0 saturated carbocycles. The zero-order valence-corrected chi connectivity index (χ0v) is 13.3. The minimum absolute atomic E-state index is 0.130. The Balaban J connectivity index is 2.10. The molecule has 0 aliphatic heterocycles. The smallest absolute Gasteiger partial charge is 0.261 e. The maximum atomic E-state index is 12.3. The van der Waals surface area contributed by atoms with Gasteiger partial charge in [-0.15, -0.1) is 10.2 Å². The molecule has 0 radical (unpaired) electrons. The van der Waals surface area contributed by atoms with Crippen molar-refractivity contribution in [2.45, 2.75) is 6.92 Å². The normalized spacial score (nSPS) is 10.1. The number of hydrogen-bond acceptors (Lipinski definition) is 6. The summed E-state index contributed by atoms with van der Waals surface area (Å²) in [7, 11) is 3.28. The summed E-state index contributed by atoms with van der Waals surface area (Å²) in [6, 6.07) is 6.73. The molecule has 1 heterocycles. The van der Waals surface area contributed by atoms with Crippen LogP contribution in [-0.4, -0.2) is 47.6 Å². The predicted octanol–water partition coefficient (Wildman–Crippen LogP) is 1.57. The average molecular weight is 320 g/mol. The van der Waals surface area contributed by atoms with Crippen molar-refractivity contribution in [3.8, 4) is 5.75 Å². The molecule has 0 spiro atoms. The Kier molecular flexibility index (Phi) is 5.05. The van der Waals surface area contributed by atoms with Crippen molar-refractivity contribution in [2.24, 2.45) is 0 Å². The Bertz CT molecular complexity index is 684. The fraction of sp³-hybridized carbons (Fsp3) is 0.286. The van der Waals surface area contributed by atoms with Crippen LogP contribution in [0.4, 0.5) is 5.13 Å². The number of carbonyl (C=O) groups excluding carboxylic acids is 2. The number of hydrogen-bond donors (Lipinski definition) is 1. The van der Waals surface area contributed by atoms with Crippen LogP contribution in [0.5, 0.6) is 5.75 Å². The van der Waals surface area contributed by atoms with E-state index in [4.69, 9.17) is 4.74 Å². The van der Waals surface area contributed by atoms with E-state index in [2.05, 4.69) is 15.5 Å². The molecular formula is C14H16N4O3S. The zero-order chi connectivity index (χ0) is 16.1. The van der Waals surface area contributed by atoms with Gasteiger partial charge in [-0.2, -0.15) is 0 Å². The van der Waals surface area contributed by atoms with E-state index in [1.807, 2.05) is 0 Å². The van der Waals surface area contributed by atoms with E-state index < -0.39 is 0 Å². The SMILES string of the molecule is Cc1nnc(NC(=O)c2ccccc2OCC(=O)N(C)C)s1. The van der Waals surface area contributed by atoms with Crippen molar-refractivity contribution in [2.75, 3.05) is 26.0 Å². The van der Waals surface area contributed by atoms with Crippen LogP contribution in [0, 0.1) is 6.92 Å². The van der Waals surface area contributed by atoms with E-state index in [0.717, 1.165) is 5.01 Å². The lowest BCUT2D eigenvalue weighted by Crippen LogP contribution is -2.28. The molecule has 0 atom stereocenters. The summed E-state index contributed by atoms with van der Waals surface area (Å²) in [4.78, 5) is 25.3. The molecule has 8 heteroatoms. The van der Waals surface area contributed by atoms with Crippen molar-refractivity contribution in [3.63, 3.8) is 0 Å². The fourth-order valence-electron chi connectivity index (χ4n) is 1.56. The van der Waals surface area contributed by atoms with Gasteiger partial charge >= 0.3 is 0 Å². The standard InChI is InChI=1S/C14H16N4O3S/c1-9-16-17-14(22-9)15-13(20)10-6-4-5-7-11(10)21-8-12(19)18(2)3/h4-7H,8H2,1-3H3,(H,15,17,20). The van der Waals surface area contributed by atoms with Gasteiger partial charge in [0.25, 0.3) is 11.8 Å². The Labute approximate surface area is 131 Å². The summed E-state index contributed by atoms with van der Waals surface area (Å²) in [5, 5.41) is 11.5. The second-order valence-corrected chi connectivity index (χ2v) is 5.84. The molecule has 2 rings (SSSR count). The molecule has 0 saturated heterocycles. The van der Waals surface area contributed by atoms with Crippen molar-refractivity contribution in [3.05, 3.63) is 34.8 Å². The number of aryl methyl sites for hydroxylation is 1. The number of aromatic nitrogens is 2. The molecule has 1 N–H and O–H groups in total. The quantitative estimate of drug-likeness (QED) is 0.904. The van der Waals surface area contributed by atoms with Gasteiger partial charge in [-0.3, -0.25) is 14.9 Å². The van der Waals surface area contributed by atoms with Crippen LogP contribution < -0.4 is 10.1 Å². The second kappa shape index (κ2) is 6.99. The lowest BCUT2D eigenvalue weighted by Gasteiger charge is -2.13. The van der Waals surface area contributed by atoms with E-state index in [1.165, 1.54) is 16.2 Å². The first-order chi connectivity index (χ1) is 10.5. The summed E-state index contributed by atoms with van der Waals surface area (Å²) in [5.74, 6) is -0.199. The molecule has 0 aliphatic carbocycles. The van der Waals surface area contributed by atoms with Crippen molar-refractivity contribution in [1.29, 1.82) is 0 Å². The molecular weight excluding hydrogens is 304 g/mol.